The van der Waals surface area contributed by atoms with Crippen molar-refractivity contribution in [1.82, 2.24) is 9.78 Å². The van der Waals surface area contributed by atoms with Gasteiger partial charge in [-0.2, -0.15) is 0 Å². The number of rotatable bonds is 2. The minimum absolute atomic E-state index is 0.0276. The highest BCUT2D eigenvalue weighted by atomic mass is 35.5. The number of aryl methyl sites for hydroxylation is 2. The number of sulfone groups is 1. The van der Waals surface area contributed by atoms with E-state index in [0.717, 1.165) is 0 Å². The largest absolute Gasteiger partial charge is 0.302 e. The maximum absolute atomic E-state index is 12.8. The van der Waals surface area contributed by atoms with Gasteiger partial charge < -0.3 is 5.10 Å². The Bertz CT molecular complexity index is 1060. The van der Waals surface area contributed by atoms with E-state index in [0.29, 0.717) is 17.5 Å². The summed E-state index contributed by atoms with van der Waals surface area (Å²) in [5.74, 6) is -0.466. The lowest BCUT2D eigenvalue weighted by molar-refractivity contribution is 0.103. The van der Waals surface area contributed by atoms with Crippen molar-refractivity contribution in [2.24, 2.45) is 7.05 Å². The summed E-state index contributed by atoms with van der Waals surface area (Å²) in [6.07, 6.45) is 1.75. The number of benzene rings is 1. The van der Waals surface area contributed by atoms with Gasteiger partial charge in [-0.05, 0) is 36.0 Å². The lowest BCUT2D eigenvalue weighted by Crippen LogP contribution is -2.32. The standard InChI is InChI=1S/C17H19ClN2O4S/c1-9-7-10(14(21)11-8-19-20(4)16(11)22)13(18)12-15(9)25(23,24)6-5-17(12,2)3/h7-8,19H,5-6H2,1-4H3. The predicted octanol–water partition coefficient (Wildman–Crippen LogP) is 2.36. The summed E-state index contributed by atoms with van der Waals surface area (Å²) in [5.41, 5.74) is 0.129. The van der Waals surface area contributed by atoms with Crippen LogP contribution in [0, 0.1) is 6.92 Å². The molecule has 0 saturated carbocycles. The van der Waals surface area contributed by atoms with E-state index in [2.05, 4.69) is 5.10 Å². The van der Waals surface area contributed by atoms with Gasteiger partial charge in [0.15, 0.2) is 9.84 Å². The fraction of sp³-hybridized carbons (Fsp3) is 0.412. The number of aromatic nitrogens is 2. The minimum Gasteiger partial charge on any atom is -0.302 e. The van der Waals surface area contributed by atoms with Gasteiger partial charge >= 0.3 is 0 Å². The molecule has 1 aromatic heterocycles. The Morgan fingerprint density at radius 3 is 2.52 bits per heavy atom. The summed E-state index contributed by atoms with van der Waals surface area (Å²) >= 11 is 6.51. The van der Waals surface area contributed by atoms with E-state index in [1.807, 2.05) is 13.8 Å². The van der Waals surface area contributed by atoms with Gasteiger partial charge in [-0.3, -0.25) is 14.3 Å². The minimum atomic E-state index is -3.45. The van der Waals surface area contributed by atoms with Crippen LogP contribution in [0.25, 0.3) is 0 Å². The number of nitrogens with zero attached hydrogens (tertiary/aromatic N) is 1. The smallest absolute Gasteiger partial charge is 0.277 e. The first-order valence-electron chi connectivity index (χ1n) is 7.83. The molecule has 1 N–H and O–H groups in total. The van der Waals surface area contributed by atoms with E-state index < -0.39 is 26.6 Å². The highest BCUT2D eigenvalue weighted by Gasteiger charge is 2.40. The van der Waals surface area contributed by atoms with Gasteiger partial charge in [0.1, 0.15) is 5.56 Å². The summed E-state index contributed by atoms with van der Waals surface area (Å²) in [4.78, 5) is 25.1. The molecular weight excluding hydrogens is 364 g/mol. The molecule has 3 rings (SSSR count). The van der Waals surface area contributed by atoms with Crippen molar-refractivity contribution in [3.05, 3.63) is 49.9 Å². The molecular formula is C17H19ClN2O4S. The van der Waals surface area contributed by atoms with Crippen LogP contribution in [0.15, 0.2) is 22.0 Å². The monoisotopic (exact) mass is 382 g/mol. The molecule has 134 valence electrons. The van der Waals surface area contributed by atoms with E-state index in [1.165, 1.54) is 24.0 Å². The van der Waals surface area contributed by atoms with Crippen LogP contribution in [0.2, 0.25) is 5.02 Å². The second kappa shape index (κ2) is 5.57. The van der Waals surface area contributed by atoms with Crippen LogP contribution in [0.5, 0.6) is 0 Å². The molecule has 0 saturated heterocycles. The van der Waals surface area contributed by atoms with E-state index in [1.54, 1.807) is 6.92 Å². The van der Waals surface area contributed by atoms with Gasteiger partial charge in [0.25, 0.3) is 5.56 Å². The van der Waals surface area contributed by atoms with Crippen LogP contribution in [0.4, 0.5) is 0 Å². The number of ketones is 1. The lowest BCUT2D eigenvalue weighted by atomic mass is 9.79. The Labute approximate surface area is 150 Å². The van der Waals surface area contributed by atoms with Crippen molar-refractivity contribution >= 4 is 27.2 Å². The summed E-state index contributed by atoms with van der Waals surface area (Å²) in [5, 5.41) is 2.77. The molecule has 2 aromatic rings. The van der Waals surface area contributed by atoms with Crippen molar-refractivity contribution in [2.75, 3.05) is 5.75 Å². The van der Waals surface area contributed by atoms with Crippen LogP contribution < -0.4 is 5.56 Å². The zero-order chi connectivity index (χ0) is 18.7. The molecule has 8 heteroatoms. The van der Waals surface area contributed by atoms with Gasteiger partial charge in [-0.15, -0.1) is 0 Å². The van der Waals surface area contributed by atoms with Crippen molar-refractivity contribution in [3.63, 3.8) is 0 Å². The van der Waals surface area contributed by atoms with E-state index >= 15 is 0 Å². The molecule has 6 nitrogen and oxygen atoms in total. The van der Waals surface area contributed by atoms with Crippen LogP contribution in [-0.2, 0) is 22.3 Å². The van der Waals surface area contributed by atoms with Crippen molar-refractivity contribution in [3.8, 4) is 0 Å². The number of hydrogen-bond donors (Lipinski definition) is 1. The average Bonchev–Trinajstić information content (AvgIpc) is 2.85. The number of halogens is 1. The Kier molecular flexibility index (Phi) is 4.00. The van der Waals surface area contributed by atoms with E-state index in [9.17, 15) is 18.0 Å². The van der Waals surface area contributed by atoms with Crippen molar-refractivity contribution in [2.45, 2.75) is 37.5 Å². The van der Waals surface area contributed by atoms with Crippen molar-refractivity contribution < 1.29 is 13.2 Å². The first-order chi connectivity index (χ1) is 11.5. The fourth-order valence-electron chi connectivity index (χ4n) is 3.33. The maximum Gasteiger partial charge on any atom is 0.277 e. The third-order valence-electron chi connectivity index (χ3n) is 4.81. The molecule has 1 aromatic carbocycles. The number of carbonyl (C=O) groups is 1. The number of nitrogens with one attached hydrogen (secondary N) is 1. The van der Waals surface area contributed by atoms with E-state index in [4.69, 9.17) is 11.6 Å². The molecule has 0 unspecified atom stereocenters. The SMILES string of the molecule is Cc1cc(C(=O)c2c[nH]n(C)c2=O)c(Cl)c2c1S(=O)(=O)CCC2(C)C. The molecule has 0 bridgehead atoms. The number of fused-ring (bicyclic) bond motifs is 1. The highest BCUT2D eigenvalue weighted by Crippen LogP contribution is 2.45. The third-order valence-corrected chi connectivity index (χ3v) is 7.09. The van der Waals surface area contributed by atoms with Crippen LogP contribution in [0.3, 0.4) is 0 Å². The lowest BCUT2D eigenvalue weighted by Gasteiger charge is -2.34. The first kappa shape index (κ1) is 17.9. The molecule has 25 heavy (non-hydrogen) atoms. The highest BCUT2D eigenvalue weighted by molar-refractivity contribution is 7.91. The number of hydrogen-bond acceptors (Lipinski definition) is 4. The first-order valence-corrected chi connectivity index (χ1v) is 9.86. The zero-order valence-electron chi connectivity index (χ0n) is 14.4. The van der Waals surface area contributed by atoms with Gasteiger partial charge in [-0.25, -0.2) is 8.42 Å². The second-order valence-electron chi connectivity index (χ2n) is 7.09. The number of carbonyl (C=O) groups excluding carboxylic acids is 1. The molecule has 0 aliphatic carbocycles. The second-order valence-corrected chi connectivity index (χ2v) is 9.52. The Morgan fingerprint density at radius 2 is 1.96 bits per heavy atom. The van der Waals surface area contributed by atoms with Crippen LogP contribution in [0.1, 0.15) is 47.3 Å². The summed E-state index contributed by atoms with van der Waals surface area (Å²) < 4.78 is 26.3. The Balaban J connectivity index is 2.33. The summed E-state index contributed by atoms with van der Waals surface area (Å²) in [7, 11) is -1.94. The van der Waals surface area contributed by atoms with Crippen LogP contribution in [-0.4, -0.2) is 29.7 Å². The summed E-state index contributed by atoms with van der Waals surface area (Å²) in [6, 6.07) is 1.47. The Morgan fingerprint density at radius 1 is 1.32 bits per heavy atom. The third kappa shape index (κ3) is 2.66. The number of aromatic amines is 1. The maximum atomic E-state index is 12.8. The summed E-state index contributed by atoms with van der Waals surface area (Å²) in [6.45, 7) is 5.48. The zero-order valence-corrected chi connectivity index (χ0v) is 16.0. The molecule has 0 atom stereocenters. The molecule has 1 aliphatic rings. The average molecular weight is 383 g/mol. The molecule has 0 spiro atoms. The van der Waals surface area contributed by atoms with Crippen LogP contribution >= 0.6 is 11.6 Å². The molecule has 0 amide bonds. The molecule has 1 aliphatic heterocycles. The van der Waals surface area contributed by atoms with Gasteiger partial charge in [0.05, 0.1) is 15.7 Å². The normalized spacial score (nSPS) is 18.0. The molecule has 0 radical (unpaired) electrons. The van der Waals surface area contributed by atoms with Crippen molar-refractivity contribution in [1.29, 1.82) is 0 Å². The van der Waals surface area contributed by atoms with Gasteiger partial charge in [0, 0.05) is 18.8 Å². The Hall–Kier alpha value is -1.86. The topological polar surface area (TPSA) is 89.0 Å². The van der Waals surface area contributed by atoms with Gasteiger partial charge in [0.2, 0.25) is 5.78 Å². The number of H-pyrrole nitrogens is 1. The van der Waals surface area contributed by atoms with Gasteiger partial charge in [-0.1, -0.05) is 25.4 Å². The molecule has 0 fully saturated rings. The molecule has 2 heterocycles. The quantitative estimate of drug-likeness (QED) is 0.807. The van der Waals surface area contributed by atoms with E-state index in [-0.39, 0.29) is 26.8 Å². The predicted molar refractivity (Wildman–Crippen MR) is 95.4 cm³/mol. The fourth-order valence-corrected chi connectivity index (χ4v) is 6.10.